The third kappa shape index (κ3) is 4.56. The summed E-state index contributed by atoms with van der Waals surface area (Å²) < 4.78 is 4.58. The number of carbonyl (C=O) groups is 1. The Kier molecular flexibility index (Phi) is 4.77. The molecule has 1 atom stereocenters. The van der Waals surface area contributed by atoms with Crippen molar-refractivity contribution < 1.29 is 9.53 Å². The summed E-state index contributed by atoms with van der Waals surface area (Å²) in [6.07, 6.45) is 3.93. The molecule has 0 amide bonds. The molecule has 0 radical (unpaired) electrons. The van der Waals surface area contributed by atoms with Crippen LogP contribution in [-0.2, 0) is 16.1 Å². The van der Waals surface area contributed by atoms with Crippen molar-refractivity contribution >= 4 is 5.97 Å². The fourth-order valence-electron chi connectivity index (χ4n) is 1.20. The van der Waals surface area contributed by atoms with Gasteiger partial charge in [0, 0.05) is 25.0 Å². The van der Waals surface area contributed by atoms with Crippen LogP contribution in [0.3, 0.4) is 0 Å². The summed E-state index contributed by atoms with van der Waals surface area (Å²) in [5, 5.41) is 3.22. The Bertz CT molecular complexity index is 301. The van der Waals surface area contributed by atoms with Crippen molar-refractivity contribution in [2.45, 2.75) is 25.9 Å². The molecular weight excluding hydrogens is 192 g/mol. The SMILES string of the molecule is COC(=O)C[C@@H](C)NCc1cccnc1. The van der Waals surface area contributed by atoms with Gasteiger partial charge in [-0.15, -0.1) is 0 Å². The molecule has 4 heteroatoms. The van der Waals surface area contributed by atoms with Gasteiger partial charge in [-0.05, 0) is 18.6 Å². The summed E-state index contributed by atoms with van der Waals surface area (Å²) in [7, 11) is 1.40. The Hall–Kier alpha value is -1.42. The maximum absolute atomic E-state index is 11.0. The number of pyridine rings is 1. The van der Waals surface area contributed by atoms with Crippen LogP contribution in [0.5, 0.6) is 0 Å². The van der Waals surface area contributed by atoms with Gasteiger partial charge in [0.2, 0.25) is 0 Å². The summed E-state index contributed by atoms with van der Waals surface area (Å²) in [6.45, 7) is 2.67. The highest BCUT2D eigenvalue weighted by atomic mass is 16.5. The number of hydrogen-bond donors (Lipinski definition) is 1. The van der Waals surface area contributed by atoms with Gasteiger partial charge >= 0.3 is 5.97 Å². The number of carbonyl (C=O) groups excluding carboxylic acids is 1. The molecule has 1 heterocycles. The zero-order valence-electron chi connectivity index (χ0n) is 9.06. The van der Waals surface area contributed by atoms with Crippen LogP contribution in [0.4, 0.5) is 0 Å². The number of esters is 1. The Morgan fingerprint density at radius 2 is 2.47 bits per heavy atom. The van der Waals surface area contributed by atoms with E-state index in [1.54, 1.807) is 12.4 Å². The second kappa shape index (κ2) is 6.14. The zero-order valence-corrected chi connectivity index (χ0v) is 9.06. The van der Waals surface area contributed by atoms with Gasteiger partial charge in [0.05, 0.1) is 13.5 Å². The molecule has 1 aromatic heterocycles. The van der Waals surface area contributed by atoms with Gasteiger partial charge in [0.1, 0.15) is 0 Å². The smallest absolute Gasteiger partial charge is 0.307 e. The van der Waals surface area contributed by atoms with Crippen LogP contribution < -0.4 is 5.32 Å². The lowest BCUT2D eigenvalue weighted by atomic mass is 10.2. The Labute approximate surface area is 89.7 Å². The van der Waals surface area contributed by atoms with Crippen LogP contribution in [-0.4, -0.2) is 24.1 Å². The predicted octanol–water partition coefficient (Wildman–Crippen LogP) is 1.12. The lowest BCUT2D eigenvalue weighted by molar-refractivity contribution is -0.141. The molecule has 82 valence electrons. The van der Waals surface area contributed by atoms with Gasteiger partial charge in [-0.3, -0.25) is 9.78 Å². The fourth-order valence-corrected chi connectivity index (χ4v) is 1.20. The van der Waals surface area contributed by atoms with Crippen LogP contribution in [0.2, 0.25) is 0 Å². The minimum absolute atomic E-state index is 0.109. The molecule has 4 nitrogen and oxygen atoms in total. The first-order chi connectivity index (χ1) is 7.22. The molecule has 1 rings (SSSR count). The van der Waals surface area contributed by atoms with Gasteiger partial charge in [0.25, 0.3) is 0 Å². The van der Waals surface area contributed by atoms with E-state index in [2.05, 4.69) is 15.0 Å². The normalized spacial score (nSPS) is 12.1. The van der Waals surface area contributed by atoms with Crippen molar-refractivity contribution in [3.63, 3.8) is 0 Å². The molecule has 1 N–H and O–H groups in total. The minimum atomic E-state index is -0.193. The van der Waals surface area contributed by atoms with E-state index in [4.69, 9.17) is 0 Å². The first-order valence-electron chi connectivity index (χ1n) is 4.91. The second-order valence-electron chi connectivity index (χ2n) is 3.42. The van der Waals surface area contributed by atoms with Crippen molar-refractivity contribution in [1.82, 2.24) is 10.3 Å². The standard InChI is InChI=1S/C11H16N2O2/c1-9(6-11(14)15-2)13-8-10-4-3-5-12-7-10/h3-5,7,9,13H,6,8H2,1-2H3/t9-/m1/s1. The lowest BCUT2D eigenvalue weighted by Crippen LogP contribution is -2.28. The molecule has 0 spiro atoms. The number of aromatic nitrogens is 1. The van der Waals surface area contributed by atoms with Crippen LogP contribution in [0.15, 0.2) is 24.5 Å². The molecule has 0 aliphatic rings. The third-order valence-electron chi connectivity index (χ3n) is 2.08. The van der Waals surface area contributed by atoms with Gasteiger partial charge in [-0.2, -0.15) is 0 Å². The topological polar surface area (TPSA) is 51.2 Å². The molecule has 15 heavy (non-hydrogen) atoms. The molecule has 1 aromatic rings. The monoisotopic (exact) mass is 208 g/mol. The zero-order chi connectivity index (χ0) is 11.1. The largest absolute Gasteiger partial charge is 0.469 e. The molecule has 0 bridgehead atoms. The molecule has 0 unspecified atom stereocenters. The molecular formula is C11H16N2O2. The fraction of sp³-hybridized carbons (Fsp3) is 0.455. The number of rotatable bonds is 5. The Morgan fingerprint density at radius 3 is 3.07 bits per heavy atom. The van der Waals surface area contributed by atoms with Crippen molar-refractivity contribution in [3.8, 4) is 0 Å². The van der Waals surface area contributed by atoms with Crippen molar-refractivity contribution in [2.24, 2.45) is 0 Å². The maximum atomic E-state index is 11.0. The Morgan fingerprint density at radius 1 is 1.67 bits per heavy atom. The van der Waals surface area contributed by atoms with Crippen molar-refractivity contribution in [1.29, 1.82) is 0 Å². The van der Waals surface area contributed by atoms with Crippen LogP contribution in [0, 0.1) is 0 Å². The third-order valence-corrected chi connectivity index (χ3v) is 2.08. The second-order valence-corrected chi connectivity index (χ2v) is 3.42. The quantitative estimate of drug-likeness (QED) is 0.737. The van der Waals surface area contributed by atoms with E-state index in [9.17, 15) is 4.79 Å². The first kappa shape index (κ1) is 11.7. The number of ether oxygens (including phenoxy) is 1. The number of methoxy groups -OCH3 is 1. The predicted molar refractivity (Wildman–Crippen MR) is 57.2 cm³/mol. The summed E-state index contributed by atoms with van der Waals surface area (Å²) in [5.74, 6) is -0.193. The summed E-state index contributed by atoms with van der Waals surface area (Å²) in [6, 6.07) is 3.99. The van der Waals surface area contributed by atoms with E-state index < -0.39 is 0 Å². The van der Waals surface area contributed by atoms with Gasteiger partial charge < -0.3 is 10.1 Å². The molecule has 0 aliphatic carbocycles. The highest BCUT2D eigenvalue weighted by molar-refractivity contribution is 5.69. The van der Waals surface area contributed by atoms with Crippen LogP contribution in [0.25, 0.3) is 0 Å². The summed E-state index contributed by atoms with van der Waals surface area (Å²) >= 11 is 0. The van der Waals surface area contributed by atoms with Gasteiger partial charge in [0.15, 0.2) is 0 Å². The molecule has 0 fully saturated rings. The van der Waals surface area contributed by atoms with E-state index in [0.29, 0.717) is 13.0 Å². The maximum Gasteiger partial charge on any atom is 0.307 e. The van der Waals surface area contributed by atoms with Crippen LogP contribution >= 0.6 is 0 Å². The molecule has 0 saturated heterocycles. The van der Waals surface area contributed by atoms with Crippen LogP contribution in [0.1, 0.15) is 18.9 Å². The first-order valence-corrected chi connectivity index (χ1v) is 4.91. The Balaban J connectivity index is 2.28. The molecule has 0 aromatic carbocycles. The highest BCUT2D eigenvalue weighted by Gasteiger charge is 2.07. The van der Waals surface area contributed by atoms with Crippen molar-refractivity contribution in [3.05, 3.63) is 30.1 Å². The number of hydrogen-bond acceptors (Lipinski definition) is 4. The van der Waals surface area contributed by atoms with E-state index in [1.807, 2.05) is 19.1 Å². The minimum Gasteiger partial charge on any atom is -0.469 e. The highest BCUT2D eigenvalue weighted by Crippen LogP contribution is 1.98. The average molecular weight is 208 g/mol. The molecule has 0 saturated carbocycles. The molecule has 0 aliphatic heterocycles. The number of nitrogens with one attached hydrogen (secondary N) is 1. The summed E-state index contributed by atoms with van der Waals surface area (Å²) in [4.78, 5) is 15.0. The van der Waals surface area contributed by atoms with E-state index in [1.165, 1.54) is 7.11 Å². The van der Waals surface area contributed by atoms with E-state index >= 15 is 0 Å². The number of nitrogens with zero attached hydrogens (tertiary/aromatic N) is 1. The lowest BCUT2D eigenvalue weighted by Gasteiger charge is -2.11. The van der Waals surface area contributed by atoms with Gasteiger partial charge in [-0.1, -0.05) is 6.07 Å². The van der Waals surface area contributed by atoms with Crippen molar-refractivity contribution in [2.75, 3.05) is 7.11 Å². The van der Waals surface area contributed by atoms with E-state index in [-0.39, 0.29) is 12.0 Å². The summed E-state index contributed by atoms with van der Waals surface area (Å²) in [5.41, 5.74) is 1.11. The average Bonchev–Trinajstić information content (AvgIpc) is 2.27. The van der Waals surface area contributed by atoms with Gasteiger partial charge in [-0.25, -0.2) is 0 Å². The van der Waals surface area contributed by atoms with E-state index in [0.717, 1.165) is 5.56 Å².